The van der Waals surface area contributed by atoms with Crippen molar-refractivity contribution in [1.82, 2.24) is 9.47 Å². The van der Waals surface area contributed by atoms with E-state index in [1.807, 2.05) is 81.4 Å². The second-order valence-electron chi connectivity index (χ2n) is 11.4. The molecule has 1 aliphatic rings. The van der Waals surface area contributed by atoms with E-state index < -0.39 is 6.04 Å². The maximum Gasteiger partial charge on any atom is 0.271 e. The van der Waals surface area contributed by atoms with Crippen LogP contribution in [-0.4, -0.2) is 42.2 Å². The summed E-state index contributed by atoms with van der Waals surface area (Å²) in [6, 6.07) is 23.3. The molecule has 0 N–H and O–H groups in total. The summed E-state index contributed by atoms with van der Waals surface area (Å²) in [5, 5.41) is 3.98. The van der Waals surface area contributed by atoms with Gasteiger partial charge in [-0.05, 0) is 66.9 Å². The SMILES string of the molecule is CCCCOc1ccc2ccccc2c1/C=c1/sc2n(c1=O)[C@@H](c1c(OC)ccc3ccccc13)C(C(=O)N(CC)CC)=C(C)N=2. The number of fused-ring (bicyclic) bond motifs is 3. The number of likely N-dealkylation sites (N-methyl/N-ethyl adjacent to an activating group) is 1. The third kappa shape index (κ3) is 5.51. The van der Waals surface area contributed by atoms with Gasteiger partial charge in [-0.25, -0.2) is 4.99 Å². The second-order valence-corrected chi connectivity index (χ2v) is 12.4. The van der Waals surface area contributed by atoms with E-state index in [1.165, 1.54) is 11.3 Å². The Morgan fingerprint density at radius 1 is 0.935 bits per heavy atom. The zero-order valence-corrected chi connectivity index (χ0v) is 27.8. The first-order valence-electron chi connectivity index (χ1n) is 15.9. The largest absolute Gasteiger partial charge is 0.496 e. The van der Waals surface area contributed by atoms with Gasteiger partial charge in [0.1, 0.15) is 17.5 Å². The van der Waals surface area contributed by atoms with E-state index in [4.69, 9.17) is 14.5 Å². The normalized spacial score (nSPS) is 14.8. The van der Waals surface area contributed by atoms with Crippen molar-refractivity contribution in [3.63, 3.8) is 0 Å². The lowest BCUT2D eigenvalue weighted by Crippen LogP contribution is -2.43. The van der Waals surface area contributed by atoms with E-state index >= 15 is 0 Å². The molecule has 1 aromatic heterocycles. The first-order chi connectivity index (χ1) is 22.4. The molecule has 5 aromatic rings. The Morgan fingerprint density at radius 3 is 2.26 bits per heavy atom. The number of hydrogen-bond donors (Lipinski definition) is 0. The molecule has 236 valence electrons. The number of carbonyl (C=O) groups is 1. The summed E-state index contributed by atoms with van der Waals surface area (Å²) < 4.78 is 14.4. The van der Waals surface area contributed by atoms with Crippen molar-refractivity contribution in [1.29, 1.82) is 0 Å². The standard InChI is InChI=1S/C38H39N3O4S/c1-6-9-22-45-30-20-18-25-14-10-12-16-27(25)29(30)23-32-36(42)41-35(34-28-17-13-11-15-26(28)19-21-31(34)44-5)33(24(4)39-38(41)46-32)37(43)40(7-2)8-3/h10-21,23,35H,6-9,22H2,1-5H3/b32-23+/t35-/m1/s1. The van der Waals surface area contributed by atoms with Gasteiger partial charge in [0, 0.05) is 24.2 Å². The number of amides is 1. The highest BCUT2D eigenvalue weighted by Gasteiger charge is 2.36. The highest BCUT2D eigenvalue weighted by atomic mass is 32.1. The van der Waals surface area contributed by atoms with E-state index in [-0.39, 0.29) is 11.5 Å². The summed E-state index contributed by atoms with van der Waals surface area (Å²) in [7, 11) is 1.63. The lowest BCUT2D eigenvalue weighted by Gasteiger charge is -2.30. The van der Waals surface area contributed by atoms with Crippen LogP contribution in [0, 0.1) is 0 Å². The lowest BCUT2D eigenvalue weighted by molar-refractivity contribution is -0.127. The first-order valence-corrected chi connectivity index (χ1v) is 16.7. The van der Waals surface area contributed by atoms with Crippen LogP contribution in [0.3, 0.4) is 0 Å². The van der Waals surface area contributed by atoms with Crippen molar-refractivity contribution < 1.29 is 14.3 Å². The van der Waals surface area contributed by atoms with Gasteiger partial charge in [0.05, 0.1) is 29.5 Å². The number of benzene rings is 4. The van der Waals surface area contributed by atoms with E-state index in [0.29, 0.717) is 46.0 Å². The monoisotopic (exact) mass is 633 g/mol. The average Bonchev–Trinajstić information content (AvgIpc) is 3.38. The number of allylic oxidation sites excluding steroid dienone is 1. The van der Waals surface area contributed by atoms with Gasteiger partial charge < -0.3 is 14.4 Å². The molecule has 1 atom stereocenters. The van der Waals surface area contributed by atoms with Crippen LogP contribution in [0.15, 0.2) is 93.9 Å². The minimum atomic E-state index is -0.736. The Balaban J connectivity index is 1.65. The van der Waals surface area contributed by atoms with Gasteiger partial charge in [0.25, 0.3) is 11.5 Å². The summed E-state index contributed by atoms with van der Waals surface area (Å²) in [6.07, 6.45) is 3.88. The van der Waals surface area contributed by atoms with E-state index in [1.54, 1.807) is 16.6 Å². The van der Waals surface area contributed by atoms with Crippen LogP contribution in [0.4, 0.5) is 0 Å². The Labute approximate surface area is 272 Å². The number of carbonyl (C=O) groups excluding carboxylic acids is 1. The zero-order valence-electron chi connectivity index (χ0n) is 27.0. The highest BCUT2D eigenvalue weighted by molar-refractivity contribution is 7.07. The fraction of sp³-hybridized carbons (Fsp3) is 0.289. The molecule has 1 aliphatic heterocycles. The van der Waals surface area contributed by atoms with Gasteiger partial charge in [-0.2, -0.15) is 0 Å². The van der Waals surface area contributed by atoms with Crippen molar-refractivity contribution in [2.45, 2.75) is 46.6 Å². The molecule has 0 bridgehead atoms. The molecule has 0 fully saturated rings. The molecular formula is C38H39N3O4S. The maximum absolute atomic E-state index is 14.7. The Kier molecular flexibility index (Phi) is 9.08. The molecule has 0 saturated heterocycles. The van der Waals surface area contributed by atoms with E-state index in [9.17, 15) is 9.59 Å². The number of rotatable bonds is 10. The Bertz CT molecular complexity index is 2160. The maximum atomic E-state index is 14.7. The molecule has 4 aromatic carbocycles. The van der Waals surface area contributed by atoms with Gasteiger partial charge >= 0.3 is 0 Å². The highest BCUT2D eigenvalue weighted by Crippen LogP contribution is 2.40. The van der Waals surface area contributed by atoms with Crippen molar-refractivity contribution >= 4 is 44.9 Å². The number of hydrogen-bond acceptors (Lipinski definition) is 6. The Morgan fingerprint density at radius 2 is 1.59 bits per heavy atom. The van der Waals surface area contributed by atoms with Crippen molar-refractivity contribution in [2.75, 3.05) is 26.8 Å². The molecule has 0 radical (unpaired) electrons. The molecule has 6 rings (SSSR count). The van der Waals surface area contributed by atoms with Crippen LogP contribution in [0.1, 0.15) is 57.7 Å². The van der Waals surface area contributed by atoms with Gasteiger partial charge in [-0.1, -0.05) is 85.3 Å². The smallest absolute Gasteiger partial charge is 0.271 e. The van der Waals surface area contributed by atoms with Crippen LogP contribution >= 0.6 is 11.3 Å². The molecule has 0 unspecified atom stereocenters. The lowest BCUT2D eigenvalue weighted by atomic mass is 9.90. The summed E-state index contributed by atoms with van der Waals surface area (Å²) >= 11 is 1.33. The van der Waals surface area contributed by atoms with Crippen LogP contribution < -0.4 is 24.4 Å². The quantitative estimate of drug-likeness (QED) is 0.163. The predicted molar refractivity (Wildman–Crippen MR) is 187 cm³/mol. The number of unbranched alkanes of at least 4 members (excludes halogenated alkanes) is 1. The fourth-order valence-corrected chi connectivity index (χ4v) is 7.32. The Hall–Kier alpha value is -4.69. The van der Waals surface area contributed by atoms with E-state index in [2.05, 4.69) is 25.1 Å². The molecule has 0 saturated carbocycles. The van der Waals surface area contributed by atoms with E-state index in [0.717, 1.165) is 51.3 Å². The number of nitrogens with zero attached hydrogens (tertiary/aromatic N) is 3. The molecular weight excluding hydrogens is 595 g/mol. The third-order valence-electron chi connectivity index (χ3n) is 8.69. The van der Waals surface area contributed by atoms with Crippen LogP contribution in [0.25, 0.3) is 27.6 Å². The summed E-state index contributed by atoms with van der Waals surface area (Å²) in [6.45, 7) is 9.59. The minimum Gasteiger partial charge on any atom is -0.496 e. The minimum absolute atomic E-state index is 0.138. The van der Waals surface area contributed by atoms with Gasteiger partial charge in [0.15, 0.2) is 4.80 Å². The average molecular weight is 634 g/mol. The van der Waals surface area contributed by atoms with Gasteiger partial charge in [-0.3, -0.25) is 14.2 Å². The summed E-state index contributed by atoms with van der Waals surface area (Å²) in [5.74, 6) is 1.21. The number of aromatic nitrogens is 1. The summed E-state index contributed by atoms with van der Waals surface area (Å²) in [4.78, 5) is 36.2. The van der Waals surface area contributed by atoms with Crippen molar-refractivity contribution in [2.24, 2.45) is 4.99 Å². The number of ether oxygens (including phenoxy) is 2. The van der Waals surface area contributed by atoms with Crippen LogP contribution in [-0.2, 0) is 4.79 Å². The molecule has 7 nitrogen and oxygen atoms in total. The number of methoxy groups -OCH3 is 1. The molecule has 0 aliphatic carbocycles. The molecule has 1 amide bonds. The van der Waals surface area contributed by atoms with Crippen molar-refractivity contribution in [3.8, 4) is 11.5 Å². The fourth-order valence-electron chi connectivity index (χ4n) is 6.29. The van der Waals surface area contributed by atoms with Crippen LogP contribution in [0.2, 0.25) is 0 Å². The first kappa shape index (κ1) is 31.3. The molecule has 8 heteroatoms. The second kappa shape index (κ2) is 13.3. The zero-order chi connectivity index (χ0) is 32.4. The van der Waals surface area contributed by atoms with Gasteiger partial charge in [-0.15, -0.1) is 0 Å². The van der Waals surface area contributed by atoms with Crippen LogP contribution in [0.5, 0.6) is 11.5 Å². The molecule has 0 spiro atoms. The number of thiazole rings is 1. The molecule has 2 heterocycles. The predicted octanol–water partition coefficient (Wildman–Crippen LogP) is 6.60. The topological polar surface area (TPSA) is 73.1 Å². The molecule has 46 heavy (non-hydrogen) atoms. The van der Waals surface area contributed by atoms with Crippen molar-refractivity contribution in [3.05, 3.63) is 115 Å². The third-order valence-corrected chi connectivity index (χ3v) is 9.67. The van der Waals surface area contributed by atoms with Gasteiger partial charge in [0.2, 0.25) is 0 Å². The summed E-state index contributed by atoms with van der Waals surface area (Å²) in [5.41, 5.74) is 2.48.